The van der Waals surface area contributed by atoms with Crippen LogP contribution in [-0.4, -0.2) is 113 Å². The number of rotatable bonds is 10. The predicted octanol–water partition coefficient (Wildman–Crippen LogP) is 3.48. The van der Waals surface area contributed by atoms with Gasteiger partial charge in [0.1, 0.15) is 16.4 Å². The maximum Gasteiger partial charge on any atom is 0.427 e. The summed E-state index contributed by atoms with van der Waals surface area (Å²) in [6, 6.07) is 12.0. The summed E-state index contributed by atoms with van der Waals surface area (Å²) in [4.78, 5) is 43.6. The van der Waals surface area contributed by atoms with Crippen molar-refractivity contribution < 1.29 is 37.1 Å². The number of hydroxylamine groups is 2. The first kappa shape index (κ1) is 35.7. The zero-order chi connectivity index (χ0) is 35.6. The Morgan fingerprint density at radius 1 is 1.00 bits per heavy atom. The first-order chi connectivity index (χ1) is 24.0. The number of amides is 2. The van der Waals surface area contributed by atoms with Crippen LogP contribution >= 0.6 is 11.6 Å². The topological polar surface area (TPSA) is 143 Å². The Bertz CT molecular complexity index is 1850. The van der Waals surface area contributed by atoms with Crippen molar-refractivity contribution >= 4 is 39.3 Å². The number of ether oxygens (including phenoxy) is 3. The summed E-state index contributed by atoms with van der Waals surface area (Å²) in [5, 5.41) is 4.53. The largest absolute Gasteiger partial charge is 0.497 e. The van der Waals surface area contributed by atoms with Crippen LogP contribution in [0.25, 0.3) is 0 Å². The molecule has 4 heterocycles. The minimum atomic E-state index is -4.68. The molecule has 1 N–H and O–H groups in total. The van der Waals surface area contributed by atoms with E-state index >= 15 is 4.79 Å². The third-order valence-corrected chi connectivity index (χ3v) is 11.4. The molecule has 2 fully saturated rings. The van der Waals surface area contributed by atoms with E-state index in [9.17, 15) is 13.2 Å². The van der Waals surface area contributed by atoms with E-state index in [2.05, 4.69) is 27.1 Å². The van der Waals surface area contributed by atoms with Crippen LogP contribution in [0.3, 0.4) is 0 Å². The van der Waals surface area contributed by atoms with Gasteiger partial charge in [0.2, 0.25) is 5.88 Å². The molecule has 16 heteroatoms. The van der Waals surface area contributed by atoms with Crippen LogP contribution in [0.15, 0.2) is 59.6 Å². The normalized spacial score (nSPS) is 20.7. The van der Waals surface area contributed by atoms with E-state index in [4.69, 9.17) is 30.6 Å². The second-order valence-corrected chi connectivity index (χ2v) is 14.5. The summed E-state index contributed by atoms with van der Waals surface area (Å²) in [7, 11) is 0.187. The number of halogens is 1. The fourth-order valence-corrected chi connectivity index (χ4v) is 8.62. The van der Waals surface area contributed by atoms with E-state index in [1.807, 2.05) is 0 Å². The van der Waals surface area contributed by atoms with E-state index in [0.29, 0.717) is 29.2 Å². The van der Waals surface area contributed by atoms with E-state index < -0.39 is 27.6 Å². The standard InChI is InChI=1S/C34H41ClN6O8S/c1-5-48-31-26(7-6-14-36-31)34(37-33(43)49-40-15-12-24(13-16-40)39-19-17-38(2)18-20-39)27-21-23(35)8-10-28(27)41(32(34)42)50(44,45)30-11-9-25(46-3)22-29(30)47-4/h6-11,14,21-22,24H,5,12-13,15-20H2,1-4H3,(H,37,43). The lowest BCUT2D eigenvalue weighted by Crippen LogP contribution is -2.56. The van der Waals surface area contributed by atoms with Gasteiger partial charge in [-0.15, -0.1) is 5.06 Å². The van der Waals surface area contributed by atoms with Crippen molar-refractivity contribution in [3.05, 3.63) is 70.9 Å². The van der Waals surface area contributed by atoms with Crippen molar-refractivity contribution in [3.8, 4) is 17.4 Å². The van der Waals surface area contributed by atoms with Crippen LogP contribution in [0, 0.1) is 0 Å². The van der Waals surface area contributed by atoms with Gasteiger partial charge in [-0.05, 0) is 69.3 Å². The number of carbonyl (C=O) groups excluding carboxylic acids is 2. The maximum atomic E-state index is 15.0. The number of carbonyl (C=O) groups is 2. The van der Waals surface area contributed by atoms with Gasteiger partial charge in [-0.2, -0.15) is 4.31 Å². The molecule has 0 radical (unpaired) electrons. The molecular weight excluding hydrogens is 688 g/mol. The number of fused-ring (bicyclic) bond motifs is 1. The average Bonchev–Trinajstić information content (AvgIpc) is 3.36. The molecule has 3 aliphatic heterocycles. The Balaban J connectivity index is 1.38. The number of hydrogen-bond acceptors (Lipinski definition) is 12. The summed E-state index contributed by atoms with van der Waals surface area (Å²) < 4.78 is 46.2. The highest BCUT2D eigenvalue weighted by atomic mass is 35.5. The average molecular weight is 729 g/mol. The second-order valence-electron chi connectivity index (χ2n) is 12.3. The van der Waals surface area contributed by atoms with Gasteiger partial charge in [0.15, 0.2) is 5.54 Å². The minimum Gasteiger partial charge on any atom is -0.497 e. The number of anilines is 1. The predicted molar refractivity (Wildman–Crippen MR) is 185 cm³/mol. The number of hydrogen-bond donors (Lipinski definition) is 1. The zero-order valence-electron chi connectivity index (χ0n) is 28.4. The second kappa shape index (κ2) is 14.6. The van der Waals surface area contributed by atoms with Gasteiger partial charge in [-0.1, -0.05) is 11.6 Å². The number of nitrogens with zero attached hydrogens (tertiary/aromatic N) is 5. The van der Waals surface area contributed by atoms with Crippen LogP contribution in [0.2, 0.25) is 5.02 Å². The van der Waals surface area contributed by atoms with Crippen LogP contribution in [0.5, 0.6) is 17.4 Å². The summed E-state index contributed by atoms with van der Waals surface area (Å²) in [5.74, 6) is -0.700. The quantitative estimate of drug-likeness (QED) is 0.327. The Labute approximate surface area is 296 Å². The smallest absolute Gasteiger partial charge is 0.427 e. The van der Waals surface area contributed by atoms with E-state index in [-0.39, 0.29) is 45.0 Å². The Morgan fingerprint density at radius 2 is 1.74 bits per heavy atom. The first-order valence-electron chi connectivity index (χ1n) is 16.4. The number of aromatic nitrogens is 1. The van der Waals surface area contributed by atoms with Crippen molar-refractivity contribution in [1.82, 2.24) is 25.2 Å². The molecule has 0 saturated carbocycles. The number of benzene rings is 2. The Kier molecular flexibility index (Phi) is 10.4. The molecule has 1 unspecified atom stereocenters. The molecule has 14 nitrogen and oxygen atoms in total. The van der Waals surface area contributed by atoms with Crippen molar-refractivity contribution in [1.29, 1.82) is 0 Å². The monoisotopic (exact) mass is 728 g/mol. The number of sulfonamides is 1. The summed E-state index contributed by atoms with van der Waals surface area (Å²) in [6.45, 7) is 6.90. The number of pyridine rings is 1. The van der Waals surface area contributed by atoms with Crippen molar-refractivity contribution in [2.24, 2.45) is 0 Å². The zero-order valence-corrected chi connectivity index (χ0v) is 30.0. The number of methoxy groups -OCH3 is 2. The van der Waals surface area contributed by atoms with Gasteiger partial charge in [0.05, 0.1) is 32.1 Å². The summed E-state index contributed by atoms with van der Waals surface area (Å²) >= 11 is 6.51. The SMILES string of the molecule is CCOc1ncccc1C1(NC(=O)ON2CCC(N3CCN(C)CC3)CC2)C(=O)N(S(=O)(=O)c2ccc(OC)cc2OC)c2ccc(Cl)cc21. The van der Waals surface area contributed by atoms with Crippen molar-refractivity contribution in [3.63, 3.8) is 0 Å². The lowest BCUT2D eigenvalue weighted by molar-refractivity contribution is -0.130. The lowest BCUT2D eigenvalue weighted by Gasteiger charge is -2.41. The highest BCUT2D eigenvalue weighted by Crippen LogP contribution is 2.50. The van der Waals surface area contributed by atoms with Gasteiger partial charge in [0, 0.05) is 68.2 Å². The van der Waals surface area contributed by atoms with Crippen molar-refractivity contribution in [2.45, 2.75) is 36.2 Å². The van der Waals surface area contributed by atoms with Gasteiger partial charge >= 0.3 is 6.09 Å². The minimum absolute atomic E-state index is 0.0174. The molecule has 1 atom stereocenters. The Hall–Kier alpha value is -4.15. The summed E-state index contributed by atoms with van der Waals surface area (Å²) in [6.07, 6.45) is 2.11. The fraction of sp³-hybridized carbons (Fsp3) is 0.441. The highest BCUT2D eigenvalue weighted by Gasteiger charge is 2.59. The van der Waals surface area contributed by atoms with Gasteiger partial charge in [-0.25, -0.2) is 18.2 Å². The molecule has 0 spiro atoms. The number of piperazine rings is 1. The van der Waals surface area contributed by atoms with Gasteiger partial charge in [-0.3, -0.25) is 15.0 Å². The van der Waals surface area contributed by atoms with Crippen LogP contribution in [0.4, 0.5) is 10.5 Å². The van der Waals surface area contributed by atoms with E-state index in [1.165, 1.54) is 56.8 Å². The molecule has 3 aromatic rings. The van der Waals surface area contributed by atoms with Crippen LogP contribution < -0.4 is 23.8 Å². The number of likely N-dealkylation sites (N-methyl/N-ethyl adjacent to an activating group) is 1. The number of nitrogens with one attached hydrogen (secondary N) is 1. The fourth-order valence-electron chi connectivity index (χ4n) is 6.84. The molecular formula is C34H41ClN6O8S. The summed E-state index contributed by atoms with van der Waals surface area (Å²) in [5.41, 5.74) is -2.02. The first-order valence-corrected chi connectivity index (χ1v) is 18.2. The number of piperidine rings is 1. The van der Waals surface area contributed by atoms with Crippen LogP contribution in [-0.2, 0) is 25.2 Å². The molecule has 2 aromatic carbocycles. The third kappa shape index (κ3) is 6.55. The third-order valence-electron chi connectivity index (χ3n) is 9.41. The molecule has 6 rings (SSSR count). The molecule has 0 aliphatic carbocycles. The molecule has 50 heavy (non-hydrogen) atoms. The molecule has 3 aliphatic rings. The molecule has 1 aromatic heterocycles. The van der Waals surface area contributed by atoms with E-state index in [0.717, 1.165) is 39.0 Å². The maximum absolute atomic E-state index is 15.0. The molecule has 2 saturated heterocycles. The Morgan fingerprint density at radius 3 is 2.42 bits per heavy atom. The highest BCUT2D eigenvalue weighted by molar-refractivity contribution is 7.93. The van der Waals surface area contributed by atoms with E-state index in [1.54, 1.807) is 24.1 Å². The van der Waals surface area contributed by atoms with Crippen LogP contribution in [0.1, 0.15) is 30.9 Å². The molecule has 0 bridgehead atoms. The molecule has 268 valence electrons. The lowest BCUT2D eigenvalue weighted by atomic mass is 9.84. The van der Waals surface area contributed by atoms with Crippen molar-refractivity contribution in [2.75, 3.05) is 71.4 Å². The van der Waals surface area contributed by atoms with Gasteiger partial charge < -0.3 is 23.9 Å². The van der Waals surface area contributed by atoms with Gasteiger partial charge in [0.25, 0.3) is 15.9 Å². The molecule has 2 amide bonds.